The molecule has 4 heterocycles. The van der Waals surface area contributed by atoms with E-state index in [4.69, 9.17) is 9.72 Å². The van der Waals surface area contributed by atoms with E-state index in [1.54, 1.807) is 6.07 Å². The van der Waals surface area contributed by atoms with Gasteiger partial charge in [-0.25, -0.2) is 9.37 Å². The Morgan fingerprint density at radius 2 is 1.91 bits per heavy atom. The maximum atomic E-state index is 13.8. The summed E-state index contributed by atoms with van der Waals surface area (Å²) in [6.45, 7) is 7.36. The van der Waals surface area contributed by atoms with Crippen molar-refractivity contribution in [2.75, 3.05) is 36.4 Å². The molecule has 1 N–H and O–H groups in total. The lowest BCUT2D eigenvalue weighted by Crippen LogP contribution is -2.52. The van der Waals surface area contributed by atoms with Gasteiger partial charge in [-0.1, -0.05) is 13.3 Å². The highest BCUT2D eigenvalue weighted by Gasteiger charge is 2.27. The van der Waals surface area contributed by atoms with Gasteiger partial charge in [0, 0.05) is 49.7 Å². The minimum atomic E-state index is -0.233. The Morgan fingerprint density at radius 1 is 1.09 bits per heavy atom. The van der Waals surface area contributed by atoms with Crippen LogP contribution < -0.4 is 15.0 Å². The lowest BCUT2D eigenvalue weighted by Gasteiger charge is -2.39. The Kier molecular flexibility index (Phi) is 6.32. The number of hydrogen-bond acceptors (Lipinski definition) is 6. The van der Waals surface area contributed by atoms with E-state index in [0.29, 0.717) is 24.5 Å². The molecule has 5 rings (SSSR count). The number of amides is 1. The van der Waals surface area contributed by atoms with Crippen LogP contribution in [0.5, 0.6) is 5.88 Å². The number of ether oxygens (including phenoxy) is 1. The number of carbonyl (C=O) groups is 1. The van der Waals surface area contributed by atoms with Crippen LogP contribution >= 0.6 is 0 Å². The van der Waals surface area contributed by atoms with Crippen molar-refractivity contribution in [2.24, 2.45) is 0 Å². The van der Waals surface area contributed by atoms with Gasteiger partial charge in [-0.05, 0) is 61.0 Å². The van der Waals surface area contributed by atoms with Crippen molar-refractivity contribution in [3.8, 4) is 5.88 Å². The van der Waals surface area contributed by atoms with Crippen molar-refractivity contribution in [2.45, 2.75) is 45.8 Å². The van der Waals surface area contributed by atoms with Crippen molar-refractivity contribution in [3.63, 3.8) is 0 Å². The number of carbonyl (C=O) groups excluding carboxylic acids is 1. The molecule has 0 saturated carbocycles. The topological polar surface area (TPSA) is 70.6 Å². The normalized spacial score (nSPS) is 17.4. The summed E-state index contributed by atoms with van der Waals surface area (Å²) in [6.07, 6.45) is 2.99. The molecule has 2 aliphatic rings. The summed E-state index contributed by atoms with van der Waals surface area (Å²) in [4.78, 5) is 25.7. The van der Waals surface area contributed by atoms with E-state index in [1.165, 1.54) is 6.07 Å². The monoisotopic (exact) mass is 463 g/mol. The summed E-state index contributed by atoms with van der Waals surface area (Å²) in [5.41, 5.74) is 1.93. The highest BCUT2D eigenvalue weighted by molar-refractivity contribution is 5.93. The van der Waals surface area contributed by atoms with E-state index in [-0.39, 0.29) is 18.0 Å². The molecule has 1 fully saturated rings. The third kappa shape index (κ3) is 4.68. The number of aromatic nitrogens is 2. The molecule has 7 nitrogen and oxygen atoms in total. The van der Waals surface area contributed by atoms with Crippen molar-refractivity contribution >= 4 is 28.3 Å². The molecule has 178 valence electrons. The van der Waals surface area contributed by atoms with Gasteiger partial charge < -0.3 is 15.0 Å². The molecule has 0 aliphatic carbocycles. The standard InChI is InChI=1S/C26H30FN5O2/c1-3-4-24(34-23-10-6-18-5-9-22(33)29-25(18)30-23)31-11-13-32(14-12-31)26-21-8-7-20(27)16-19(21)15-17(2)28-26/h6-8,10,15-16,24H,3-5,9,11-14H2,1-2H3,(H,29,30,33). The summed E-state index contributed by atoms with van der Waals surface area (Å²) in [7, 11) is 0. The van der Waals surface area contributed by atoms with Crippen molar-refractivity contribution in [1.29, 1.82) is 0 Å². The van der Waals surface area contributed by atoms with Gasteiger partial charge in [0.2, 0.25) is 11.8 Å². The minimum absolute atomic E-state index is 0.00148. The third-order valence-electron chi connectivity index (χ3n) is 6.55. The molecule has 1 aromatic carbocycles. The SMILES string of the molecule is CCCC(Oc1ccc2c(n1)NC(=O)CC2)N1CCN(c2nc(C)cc3cc(F)ccc23)CC1. The fourth-order valence-corrected chi connectivity index (χ4v) is 4.79. The first-order valence-corrected chi connectivity index (χ1v) is 12.0. The Balaban J connectivity index is 1.30. The van der Waals surface area contributed by atoms with Gasteiger partial charge in [0.15, 0.2) is 6.23 Å². The summed E-state index contributed by atoms with van der Waals surface area (Å²) in [6, 6.07) is 10.7. The highest BCUT2D eigenvalue weighted by Crippen LogP contribution is 2.29. The number of piperazine rings is 1. The second kappa shape index (κ2) is 9.54. The largest absolute Gasteiger partial charge is 0.458 e. The fourth-order valence-electron chi connectivity index (χ4n) is 4.79. The number of nitrogens with one attached hydrogen (secondary N) is 1. The Bertz CT molecular complexity index is 1200. The summed E-state index contributed by atoms with van der Waals surface area (Å²) >= 11 is 0. The minimum Gasteiger partial charge on any atom is -0.458 e. The van der Waals surface area contributed by atoms with Gasteiger partial charge in [0.1, 0.15) is 17.5 Å². The Labute approximate surface area is 198 Å². The fraction of sp³-hybridized carbons (Fsp3) is 0.423. The van der Waals surface area contributed by atoms with Crippen molar-refractivity contribution in [3.05, 3.63) is 53.5 Å². The number of halogens is 1. The molecule has 0 spiro atoms. The molecular formula is C26H30FN5O2. The number of hydrogen-bond donors (Lipinski definition) is 1. The summed E-state index contributed by atoms with van der Waals surface area (Å²) in [5.74, 6) is 1.83. The maximum Gasteiger partial charge on any atom is 0.225 e. The first-order valence-electron chi connectivity index (χ1n) is 12.0. The van der Waals surface area contributed by atoms with Gasteiger partial charge >= 0.3 is 0 Å². The molecule has 34 heavy (non-hydrogen) atoms. The second-order valence-electron chi connectivity index (χ2n) is 9.04. The smallest absolute Gasteiger partial charge is 0.225 e. The zero-order chi connectivity index (χ0) is 23.7. The molecule has 1 atom stereocenters. The number of aryl methyl sites for hydroxylation is 2. The third-order valence-corrected chi connectivity index (χ3v) is 6.55. The predicted octanol–water partition coefficient (Wildman–Crippen LogP) is 4.29. The lowest BCUT2D eigenvalue weighted by molar-refractivity contribution is -0.116. The Morgan fingerprint density at radius 3 is 2.71 bits per heavy atom. The average Bonchev–Trinajstić information content (AvgIpc) is 2.83. The Hall–Kier alpha value is -3.26. The van der Waals surface area contributed by atoms with E-state index < -0.39 is 0 Å². The van der Waals surface area contributed by atoms with Crippen LogP contribution in [0.2, 0.25) is 0 Å². The van der Waals surface area contributed by atoms with Gasteiger partial charge in [-0.2, -0.15) is 4.98 Å². The molecule has 1 saturated heterocycles. The summed E-state index contributed by atoms with van der Waals surface area (Å²) in [5, 5.41) is 4.70. The van der Waals surface area contributed by atoms with Gasteiger partial charge in [0.05, 0.1) is 0 Å². The first kappa shape index (κ1) is 22.5. The van der Waals surface area contributed by atoms with Gasteiger partial charge in [-0.3, -0.25) is 9.69 Å². The van der Waals surface area contributed by atoms with Crippen LogP contribution in [-0.2, 0) is 11.2 Å². The van der Waals surface area contributed by atoms with Crippen LogP contribution in [0.1, 0.15) is 37.4 Å². The molecule has 1 amide bonds. The average molecular weight is 464 g/mol. The zero-order valence-electron chi connectivity index (χ0n) is 19.7. The van der Waals surface area contributed by atoms with Crippen LogP contribution in [0.15, 0.2) is 36.4 Å². The van der Waals surface area contributed by atoms with E-state index >= 15 is 0 Å². The molecule has 8 heteroatoms. The zero-order valence-corrected chi connectivity index (χ0v) is 19.7. The second-order valence-corrected chi connectivity index (χ2v) is 9.04. The molecule has 0 bridgehead atoms. The number of pyridine rings is 2. The lowest BCUT2D eigenvalue weighted by atomic mass is 10.1. The highest BCUT2D eigenvalue weighted by atomic mass is 19.1. The molecule has 2 aromatic heterocycles. The molecule has 3 aromatic rings. The van der Waals surface area contributed by atoms with E-state index in [0.717, 1.165) is 66.9 Å². The van der Waals surface area contributed by atoms with Gasteiger partial charge in [-0.15, -0.1) is 0 Å². The molecule has 1 unspecified atom stereocenters. The quantitative estimate of drug-likeness (QED) is 0.588. The molecular weight excluding hydrogens is 433 g/mol. The maximum absolute atomic E-state index is 13.8. The van der Waals surface area contributed by atoms with Crippen LogP contribution in [0.25, 0.3) is 10.8 Å². The van der Waals surface area contributed by atoms with Crippen LogP contribution in [-0.4, -0.2) is 53.2 Å². The number of fused-ring (bicyclic) bond motifs is 2. The number of benzene rings is 1. The van der Waals surface area contributed by atoms with E-state index in [1.807, 2.05) is 31.2 Å². The van der Waals surface area contributed by atoms with Crippen LogP contribution in [0.4, 0.5) is 16.0 Å². The van der Waals surface area contributed by atoms with E-state index in [9.17, 15) is 9.18 Å². The van der Waals surface area contributed by atoms with Crippen LogP contribution in [0, 0.1) is 12.7 Å². The number of anilines is 2. The van der Waals surface area contributed by atoms with E-state index in [2.05, 4.69) is 27.0 Å². The predicted molar refractivity (Wildman–Crippen MR) is 131 cm³/mol. The summed E-state index contributed by atoms with van der Waals surface area (Å²) < 4.78 is 20.1. The van der Waals surface area contributed by atoms with Crippen molar-refractivity contribution < 1.29 is 13.9 Å². The number of rotatable bonds is 6. The first-order chi connectivity index (χ1) is 16.5. The molecule has 2 aliphatic heterocycles. The van der Waals surface area contributed by atoms with Gasteiger partial charge in [0.25, 0.3) is 0 Å². The van der Waals surface area contributed by atoms with Crippen LogP contribution in [0.3, 0.4) is 0 Å². The number of nitrogens with zero attached hydrogens (tertiary/aromatic N) is 4. The molecule has 0 radical (unpaired) electrons. The van der Waals surface area contributed by atoms with Crippen molar-refractivity contribution in [1.82, 2.24) is 14.9 Å².